The number of hydrogen-bond acceptors (Lipinski definition) is 6. The highest BCUT2D eigenvalue weighted by molar-refractivity contribution is 7.92. The SMILES string of the molecule is COc1ccccc1CCCNC(=O)CN(c1ccc2c(c1)OCCO2)S(C)(=O)=O. The molecule has 0 fully saturated rings. The van der Waals surface area contributed by atoms with Gasteiger partial charge in [-0.3, -0.25) is 9.10 Å². The van der Waals surface area contributed by atoms with Gasteiger partial charge in [0.15, 0.2) is 11.5 Å². The number of hydrogen-bond donors (Lipinski definition) is 1. The molecule has 0 saturated heterocycles. The van der Waals surface area contributed by atoms with Crippen molar-refractivity contribution in [1.82, 2.24) is 5.32 Å². The second-order valence-corrected chi connectivity index (χ2v) is 8.77. The monoisotopic (exact) mass is 434 g/mol. The predicted octanol–water partition coefficient (Wildman–Crippen LogP) is 1.98. The van der Waals surface area contributed by atoms with E-state index < -0.39 is 10.0 Å². The van der Waals surface area contributed by atoms with Crippen molar-refractivity contribution in [3.05, 3.63) is 48.0 Å². The van der Waals surface area contributed by atoms with Crippen molar-refractivity contribution in [2.24, 2.45) is 0 Å². The quantitative estimate of drug-likeness (QED) is 0.607. The molecule has 0 atom stereocenters. The fourth-order valence-electron chi connectivity index (χ4n) is 3.19. The molecule has 3 rings (SSSR count). The third-order valence-electron chi connectivity index (χ3n) is 4.64. The van der Waals surface area contributed by atoms with Crippen molar-refractivity contribution in [2.75, 3.05) is 44.0 Å². The molecule has 2 aromatic carbocycles. The largest absolute Gasteiger partial charge is 0.496 e. The van der Waals surface area contributed by atoms with Crippen molar-refractivity contribution in [3.63, 3.8) is 0 Å². The predicted molar refractivity (Wildman–Crippen MR) is 114 cm³/mol. The molecule has 0 saturated carbocycles. The summed E-state index contributed by atoms with van der Waals surface area (Å²) in [5.74, 6) is 1.45. The Morgan fingerprint density at radius 2 is 1.87 bits per heavy atom. The standard InChI is InChI=1S/C21H26N2O6S/c1-27-18-8-4-3-6-16(18)7-5-11-22-21(24)15-23(30(2,25)26)17-9-10-19-20(14-17)29-13-12-28-19/h3-4,6,8-10,14H,5,7,11-13,15H2,1-2H3,(H,22,24). The van der Waals surface area contributed by atoms with Crippen LogP contribution in [-0.2, 0) is 21.2 Å². The number of rotatable bonds is 9. The summed E-state index contributed by atoms with van der Waals surface area (Å²) in [5.41, 5.74) is 1.41. The fraction of sp³-hybridized carbons (Fsp3) is 0.381. The molecular formula is C21H26N2O6S. The Labute approximate surface area is 176 Å². The normalized spacial score (nSPS) is 12.9. The van der Waals surface area contributed by atoms with Gasteiger partial charge in [0.1, 0.15) is 25.5 Å². The van der Waals surface area contributed by atoms with Gasteiger partial charge in [-0.2, -0.15) is 0 Å². The van der Waals surface area contributed by atoms with E-state index in [4.69, 9.17) is 14.2 Å². The summed E-state index contributed by atoms with van der Waals surface area (Å²) >= 11 is 0. The first kappa shape index (κ1) is 21.8. The minimum atomic E-state index is -3.66. The number of sulfonamides is 1. The van der Waals surface area contributed by atoms with E-state index in [0.29, 0.717) is 43.4 Å². The average molecular weight is 435 g/mol. The number of para-hydroxylation sites is 1. The van der Waals surface area contributed by atoms with Gasteiger partial charge in [0.05, 0.1) is 19.1 Å². The minimum absolute atomic E-state index is 0.312. The lowest BCUT2D eigenvalue weighted by Crippen LogP contribution is -2.40. The molecule has 0 bridgehead atoms. The van der Waals surface area contributed by atoms with E-state index in [1.807, 2.05) is 24.3 Å². The molecule has 1 aliphatic rings. The number of carbonyl (C=O) groups is 1. The third-order valence-corrected chi connectivity index (χ3v) is 5.78. The van der Waals surface area contributed by atoms with Crippen LogP contribution in [0.3, 0.4) is 0 Å². The lowest BCUT2D eigenvalue weighted by molar-refractivity contribution is -0.119. The molecule has 1 heterocycles. The lowest BCUT2D eigenvalue weighted by atomic mass is 10.1. The van der Waals surface area contributed by atoms with Crippen LogP contribution in [0.15, 0.2) is 42.5 Å². The first-order valence-electron chi connectivity index (χ1n) is 9.64. The van der Waals surface area contributed by atoms with Crippen LogP contribution in [0, 0.1) is 0 Å². The Hall–Kier alpha value is -2.94. The number of carbonyl (C=O) groups excluding carboxylic acids is 1. The summed E-state index contributed by atoms with van der Waals surface area (Å²) < 4.78 is 41.9. The molecule has 9 heteroatoms. The van der Waals surface area contributed by atoms with E-state index >= 15 is 0 Å². The van der Waals surface area contributed by atoms with Crippen LogP contribution in [0.1, 0.15) is 12.0 Å². The van der Waals surface area contributed by atoms with Crippen LogP contribution in [0.2, 0.25) is 0 Å². The first-order chi connectivity index (χ1) is 14.4. The summed E-state index contributed by atoms with van der Waals surface area (Å²) in [4.78, 5) is 12.4. The molecular weight excluding hydrogens is 408 g/mol. The zero-order valence-corrected chi connectivity index (χ0v) is 17.9. The van der Waals surface area contributed by atoms with Crippen molar-refractivity contribution < 1.29 is 27.4 Å². The molecule has 0 radical (unpaired) electrons. The van der Waals surface area contributed by atoms with Gasteiger partial charge in [0, 0.05) is 12.6 Å². The summed E-state index contributed by atoms with van der Waals surface area (Å²) in [5, 5.41) is 2.78. The lowest BCUT2D eigenvalue weighted by Gasteiger charge is -2.24. The number of fused-ring (bicyclic) bond motifs is 1. The molecule has 1 amide bonds. The molecule has 162 valence electrons. The van der Waals surface area contributed by atoms with Gasteiger partial charge >= 0.3 is 0 Å². The molecule has 1 aliphatic heterocycles. The van der Waals surface area contributed by atoms with Crippen molar-refractivity contribution in [3.8, 4) is 17.2 Å². The Morgan fingerprint density at radius 1 is 1.13 bits per heavy atom. The number of benzene rings is 2. The van der Waals surface area contributed by atoms with Gasteiger partial charge in [-0.1, -0.05) is 18.2 Å². The molecule has 0 unspecified atom stereocenters. The molecule has 8 nitrogen and oxygen atoms in total. The number of ether oxygens (including phenoxy) is 3. The van der Waals surface area contributed by atoms with Gasteiger partial charge in [-0.15, -0.1) is 0 Å². The molecule has 30 heavy (non-hydrogen) atoms. The second-order valence-electron chi connectivity index (χ2n) is 6.86. The van der Waals surface area contributed by atoms with Gasteiger partial charge in [-0.25, -0.2) is 8.42 Å². The minimum Gasteiger partial charge on any atom is -0.496 e. The van der Waals surface area contributed by atoms with E-state index in [2.05, 4.69) is 5.32 Å². The van der Waals surface area contributed by atoms with Crippen LogP contribution >= 0.6 is 0 Å². The van der Waals surface area contributed by atoms with Crippen molar-refractivity contribution in [1.29, 1.82) is 0 Å². The maximum absolute atomic E-state index is 12.4. The van der Waals surface area contributed by atoms with Gasteiger partial charge in [0.25, 0.3) is 0 Å². The van der Waals surface area contributed by atoms with Gasteiger partial charge < -0.3 is 19.5 Å². The van der Waals surface area contributed by atoms with E-state index in [1.54, 1.807) is 25.3 Å². The summed E-state index contributed by atoms with van der Waals surface area (Å²) in [7, 11) is -2.04. The molecule has 2 aromatic rings. The summed E-state index contributed by atoms with van der Waals surface area (Å²) in [6.07, 6.45) is 2.51. The van der Waals surface area contributed by atoms with Crippen LogP contribution in [0.25, 0.3) is 0 Å². The zero-order valence-electron chi connectivity index (χ0n) is 17.1. The topological polar surface area (TPSA) is 94.2 Å². The number of anilines is 1. The molecule has 0 spiro atoms. The Balaban J connectivity index is 1.58. The highest BCUT2D eigenvalue weighted by atomic mass is 32.2. The Bertz CT molecular complexity index is 993. The van der Waals surface area contributed by atoms with Gasteiger partial charge in [0.2, 0.25) is 15.9 Å². The Kier molecular flexibility index (Phi) is 7.04. The number of aryl methyl sites for hydroxylation is 1. The first-order valence-corrected chi connectivity index (χ1v) is 11.5. The highest BCUT2D eigenvalue weighted by Crippen LogP contribution is 2.34. The molecule has 1 N–H and O–H groups in total. The highest BCUT2D eigenvalue weighted by Gasteiger charge is 2.23. The van der Waals surface area contributed by atoms with E-state index in [-0.39, 0.29) is 12.5 Å². The third kappa shape index (κ3) is 5.56. The maximum Gasteiger partial charge on any atom is 0.240 e. The van der Waals surface area contributed by atoms with Crippen LogP contribution in [-0.4, -0.2) is 54.0 Å². The maximum atomic E-state index is 12.4. The smallest absolute Gasteiger partial charge is 0.240 e. The Morgan fingerprint density at radius 3 is 2.60 bits per heavy atom. The number of nitrogens with zero attached hydrogens (tertiary/aromatic N) is 1. The summed E-state index contributed by atoms with van der Waals surface area (Å²) in [6, 6.07) is 12.5. The fourth-order valence-corrected chi connectivity index (χ4v) is 4.04. The molecule has 0 aliphatic carbocycles. The van der Waals surface area contributed by atoms with Crippen molar-refractivity contribution >= 4 is 21.6 Å². The number of nitrogens with one attached hydrogen (secondary N) is 1. The van der Waals surface area contributed by atoms with E-state index in [0.717, 1.165) is 28.3 Å². The zero-order chi connectivity index (χ0) is 21.6. The van der Waals surface area contributed by atoms with E-state index in [9.17, 15) is 13.2 Å². The van der Waals surface area contributed by atoms with Crippen LogP contribution in [0.4, 0.5) is 5.69 Å². The molecule has 0 aromatic heterocycles. The van der Waals surface area contributed by atoms with Crippen LogP contribution < -0.4 is 23.8 Å². The van der Waals surface area contributed by atoms with Crippen molar-refractivity contribution in [2.45, 2.75) is 12.8 Å². The van der Waals surface area contributed by atoms with Crippen LogP contribution in [0.5, 0.6) is 17.2 Å². The second kappa shape index (κ2) is 9.71. The number of methoxy groups -OCH3 is 1. The average Bonchev–Trinajstić information content (AvgIpc) is 2.74. The number of amides is 1. The summed E-state index contributed by atoms with van der Waals surface area (Å²) in [6.45, 7) is 0.949. The van der Waals surface area contributed by atoms with E-state index in [1.165, 1.54) is 0 Å². The van der Waals surface area contributed by atoms with Gasteiger partial charge in [-0.05, 0) is 36.6 Å².